The molecule has 0 unspecified atom stereocenters. The maximum absolute atomic E-state index is 5.63. The summed E-state index contributed by atoms with van der Waals surface area (Å²) in [4.78, 5) is 2.34. The molecule has 0 aromatic carbocycles. The van der Waals surface area contributed by atoms with E-state index in [1.54, 1.807) is 6.07 Å². The summed E-state index contributed by atoms with van der Waals surface area (Å²) in [6.07, 6.45) is 0. The van der Waals surface area contributed by atoms with Crippen LogP contribution in [0.25, 0.3) is 0 Å². The van der Waals surface area contributed by atoms with E-state index in [0.717, 1.165) is 32.0 Å². The van der Waals surface area contributed by atoms with E-state index in [1.807, 2.05) is 6.07 Å². The standard InChI is InChI=1S/C10H17ClN4/c1-3-15(4-2)8-7-12-10-6-5-9(11)13-14-10/h5-6H,3-4,7-8H2,1-2H3,(H,12,14). The molecule has 84 valence electrons. The number of anilines is 1. The molecule has 4 nitrogen and oxygen atoms in total. The topological polar surface area (TPSA) is 41.0 Å². The number of aromatic nitrogens is 2. The maximum atomic E-state index is 5.63. The molecule has 0 spiro atoms. The van der Waals surface area contributed by atoms with E-state index in [1.165, 1.54) is 0 Å². The Morgan fingerprint density at radius 2 is 2.00 bits per heavy atom. The van der Waals surface area contributed by atoms with Gasteiger partial charge in [-0.3, -0.25) is 0 Å². The van der Waals surface area contributed by atoms with Gasteiger partial charge in [-0.05, 0) is 25.2 Å². The first-order valence-electron chi connectivity index (χ1n) is 5.21. The Morgan fingerprint density at radius 3 is 2.53 bits per heavy atom. The number of likely N-dealkylation sites (N-methyl/N-ethyl adjacent to an activating group) is 1. The SMILES string of the molecule is CCN(CC)CCNc1ccc(Cl)nn1. The normalized spacial score (nSPS) is 10.7. The molecule has 15 heavy (non-hydrogen) atoms. The van der Waals surface area contributed by atoms with Crippen molar-refractivity contribution >= 4 is 17.4 Å². The van der Waals surface area contributed by atoms with Crippen LogP contribution in [0.2, 0.25) is 5.15 Å². The Balaban J connectivity index is 2.28. The third-order valence-electron chi connectivity index (χ3n) is 2.26. The minimum Gasteiger partial charge on any atom is -0.367 e. The second-order valence-electron chi connectivity index (χ2n) is 3.19. The summed E-state index contributed by atoms with van der Waals surface area (Å²) < 4.78 is 0. The molecular formula is C10H17ClN4. The van der Waals surface area contributed by atoms with Crippen molar-refractivity contribution in [2.24, 2.45) is 0 Å². The lowest BCUT2D eigenvalue weighted by Crippen LogP contribution is -2.28. The van der Waals surface area contributed by atoms with Crippen LogP contribution in [0.4, 0.5) is 5.82 Å². The average Bonchev–Trinajstić information content (AvgIpc) is 2.27. The van der Waals surface area contributed by atoms with E-state index in [9.17, 15) is 0 Å². The highest BCUT2D eigenvalue weighted by molar-refractivity contribution is 6.29. The summed E-state index contributed by atoms with van der Waals surface area (Å²) in [5.74, 6) is 0.770. The summed E-state index contributed by atoms with van der Waals surface area (Å²) in [5, 5.41) is 11.3. The Morgan fingerprint density at radius 1 is 1.27 bits per heavy atom. The number of rotatable bonds is 6. The van der Waals surface area contributed by atoms with Crippen molar-refractivity contribution in [1.82, 2.24) is 15.1 Å². The highest BCUT2D eigenvalue weighted by Gasteiger charge is 1.99. The first kappa shape index (κ1) is 12.2. The first-order chi connectivity index (χ1) is 7.26. The quantitative estimate of drug-likeness (QED) is 0.808. The highest BCUT2D eigenvalue weighted by Crippen LogP contribution is 2.05. The minimum absolute atomic E-state index is 0.421. The van der Waals surface area contributed by atoms with E-state index >= 15 is 0 Å². The molecule has 1 aromatic heterocycles. The van der Waals surface area contributed by atoms with Crippen LogP contribution in [0.5, 0.6) is 0 Å². The second-order valence-corrected chi connectivity index (χ2v) is 3.58. The molecule has 0 aliphatic carbocycles. The van der Waals surface area contributed by atoms with Crippen LogP contribution in [0.3, 0.4) is 0 Å². The van der Waals surface area contributed by atoms with Gasteiger partial charge in [0, 0.05) is 13.1 Å². The second kappa shape index (κ2) is 6.58. The van der Waals surface area contributed by atoms with Gasteiger partial charge in [0.1, 0.15) is 5.82 Å². The van der Waals surface area contributed by atoms with E-state index in [2.05, 4.69) is 34.3 Å². The lowest BCUT2D eigenvalue weighted by Gasteiger charge is -2.17. The summed E-state index contributed by atoms with van der Waals surface area (Å²) in [5.41, 5.74) is 0. The number of nitrogens with zero attached hydrogens (tertiary/aromatic N) is 3. The van der Waals surface area contributed by atoms with Gasteiger partial charge in [-0.15, -0.1) is 10.2 Å². The maximum Gasteiger partial charge on any atom is 0.151 e. The van der Waals surface area contributed by atoms with Gasteiger partial charge in [0.2, 0.25) is 0 Å². The smallest absolute Gasteiger partial charge is 0.151 e. The molecule has 0 amide bonds. The fourth-order valence-electron chi connectivity index (χ4n) is 1.29. The predicted octanol–water partition coefficient (Wildman–Crippen LogP) is 1.88. The van der Waals surface area contributed by atoms with Gasteiger partial charge < -0.3 is 10.2 Å². The summed E-state index contributed by atoms with van der Waals surface area (Å²) in [6, 6.07) is 3.56. The average molecular weight is 229 g/mol. The Bertz CT molecular complexity index is 271. The molecule has 1 N–H and O–H groups in total. The molecule has 1 aromatic rings. The fraction of sp³-hybridized carbons (Fsp3) is 0.600. The van der Waals surface area contributed by atoms with Crippen LogP contribution in [-0.2, 0) is 0 Å². The van der Waals surface area contributed by atoms with Crippen LogP contribution < -0.4 is 5.32 Å². The number of halogens is 1. The predicted molar refractivity (Wildman–Crippen MR) is 63.3 cm³/mol. The van der Waals surface area contributed by atoms with Gasteiger partial charge in [0.05, 0.1) is 0 Å². The van der Waals surface area contributed by atoms with E-state index in [4.69, 9.17) is 11.6 Å². The monoisotopic (exact) mass is 228 g/mol. The van der Waals surface area contributed by atoms with E-state index in [-0.39, 0.29) is 0 Å². The van der Waals surface area contributed by atoms with Crippen molar-refractivity contribution in [3.8, 4) is 0 Å². The minimum atomic E-state index is 0.421. The molecule has 0 saturated carbocycles. The van der Waals surface area contributed by atoms with Crippen molar-refractivity contribution in [3.05, 3.63) is 17.3 Å². The third kappa shape index (κ3) is 4.44. The molecule has 0 bridgehead atoms. The van der Waals surface area contributed by atoms with Gasteiger partial charge >= 0.3 is 0 Å². The van der Waals surface area contributed by atoms with E-state index < -0.39 is 0 Å². The largest absolute Gasteiger partial charge is 0.367 e. The molecule has 0 atom stereocenters. The molecular weight excluding hydrogens is 212 g/mol. The van der Waals surface area contributed by atoms with Gasteiger partial charge in [-0.1, -0.05) is 25.4 Å². The molecule has 5 heteroatoms. The zero-order chi connectivity index (χ0) is 11.1. The zero-order valence-electron chi connectivity index (χ0n) is 9.20. The summed E-state index contributed by atoms with van der Waals surface area (Å²) in [7, 11) is 0. The van der Waals surface area contributed by atoms with Crippen LogP contribution in [-0.4, -0.2) is 41.3 Å². The van der Waals surface area contributed by atoms with Crippen molar-refractivity contribution in [2.45, 2.75) is 13.8 Å². The van der Waals surface area contributed by atoms with Crippen LogP contribution >= 0.6 is 11.6 Å². The first-order valence-corrected chi connectivity index (χ1v) is 5.59. The lowest BCUT2D eigenvalue weighted by atomic mass is 10.4. The summed E-state index contributed by atoms with van der Waals surface area (Å²) in [6.45, 7) is 8.35. The van der Waals surface area contributed by atoms with Gasteiger partial charge in [-0.25, -0.2) is 0 Å². The Hall–Kier alpha value is -0.870. The van der Waals surface area contributed by atoms with Crippen molar-refractivity contribution in [2.75, 3.05) is 31.5 Å². The van der Waals surface area contributed by atoms with Crippen LogP contribution in [0.15, 0.2) is 12.1 Å². The third-order valence-corrected chi connectivity index (χ3v) is 2.46. The molecule has 0 radical (unpaired) electrons. The number of nitrogens with one attached hydrogen (secondary N) is 1. The molecule has 0 aliphatic heterocycles. The van der Waals surface area contributed by atoms with Crippen molar-refractivity contribution in [3.63, 3.8) is 0 Å². The van der Waals surface area contributed by atoms with Crippen LogP contribution in [0, 0.1) is 0 Å². The van der Waals surface area contributed by atoms with Crippen LogP contribution in [0.1, 0.15) is 13.8 Å². The molecule has 0 aliphatic rings. The van der Waals surface area contributed by atoms with Gasteiger partial charge in [-0.2, -0.15) is 0 Å². The number of hydrogen-bond acceptors (Lipinski definition) is 4. The molecule has 0 fully saturated rings. The van der Waals surface area contributed by atoms with Crippen molar-refractivity contribution in [1.29, 1.82) is 0 Å². The highest BCUT2D eigenvalue weighted by atomic mass is 35.5. The molecule has 1 rings (SSSR count). The van der Waals surface area contributed by atoms with Gasteiger partial charge in [0.25, 0.3) is 0 Å². The fourth-order valence-corrected chi connectivity index (χ4v) is 1.39. The Labute approximate surface area is 95.6 Å². The Kier molecular flexibility index (Phi) is 5.36. The molecule has 0 saturated heterocycles. The summed E-state index contributed by atoms with van der Waals surface area (Å²) >= 11 is 5.63. The van der Waals surface area contributed by atoms with E-state index in [0.29, 0.717) is 5.15 Å². The molecule has 1 heterocycles. The van der Waals surface area contributed by atoms with Gasteiger partial charge in [0.15, 0.2) is 5.15 Å². The zero-order valence-corrected chi connectivity index (χ0v) is 9.96. The van der Waals surface area contributed by atoms with Crippen molar-refractivity contribution < 1.29 is 0 Å². The lowest BCUT2D eigenvalue weighted by molar-refractivity contribution is 0.316. The number of hydrogen-bond donors (Lipinski definition) is 1.